The molecular weight excluding hydrogens is 422 g/mol. The van der Waals surface area contributed by atoms with E-state index in [0.717, 1.165) is 0 Å². The van der Waals surface area contributed by atoms with Crippen molar-refractivity contribution in [3.05, 3.63) is 49.1 Å². The summed E-state index contributed by atoms with van der Waals surface area (Å²) in [5, 5.41) is 6.91. The number of allylic oxidation sites excluding steroid dienone is 2. The van der Waals surface area contributed by atoms with Crippen LogP contribution in [-0.2, 0) is 20.9 Å². The molecular formula is C24H29N5O4. The van der Waals surface area contributed by atoms with Gasteiger partial charge in [-0.25, -0.2) is 9.67 Å². The Morgan fingerprint density at radius 1 is 1.18 bits per heavy atom. The van der Waals surface area contributed by atoms with E-state index in [9.17, 15) is 14.4 Å². The van der Waals surface area contributed by atoms with Gasteiger partial charge in [0.1, 0.15) is 31.1 Å². The smallest absolute Gasteiger partial charge is 0.247 e. The fraction of sp³-hybridized carbons (Fsp3) is 0.458. The molecule has 2 aliphatic rings. The number of rotatable bonds is 9. The van der Waals surface area contributed by atoms with Gasteiger partial charge in [0.15, 0.2) is 0 Å². The minimum Gasteiger partial charge on any atom is -0.492 e. The van der Waals surface area contributed by atoms with E-state index < -0.39 is 6.04 Å². The van der Waals surface area contributed by atoms with E-state index >= 15 is 0 Å². The Balaban J connectivity index is 1.44. The highest BCUT2D eigenvalue weighted by Gasteiger charge is 2.51. The van der Waals surface area contributed by atoms with Crippen LogP contribution < -0.4 is 10.1 Å². The molecule has 3 amide bonds. The number of hydrogen-bond donors (Lipinski definition) is 1. The van der Waals surface area contributed by atoms with E-state index in [4.69, 9.17) is 4.74 Å². The Morgan fingerprint density at radius 2 is 1.91 bits per heavy atom. The summed E-state index contributed by atoms with van der Waals surface area (Å²) in [5.41, 5.74) is 0.546. The molecule has 1 N–H and O–H groups in total. The molecule has 1 saturated heterocycles. The van der Waals surface area contributed by atoms with Crippen LogP contribution in [0.15, 0.2) is 49.1 Å². The monoisotopic (exact) mass is 451 g/mol. The van der Waals surface area contributed by atoms with E-state index in [1.54, 1.807) is 35.3 Å². The van der Waals surface area contributed by atoms with Crippen LogP contribution >= 0.6 is 0 Å². The zero-order valence-electron chi connectivity index (χ0n) is 18.9. The normalized spacial score (nSPS) is 20.8. The molecule has 0 radical (unpaired) electrons. The van der Waals surface area contributed by atoms with Gasteiger partial charge in [0, 0.05) is 11.8 Å². The number of carbonyl (C=O) groups is 3. The molecule has 3 atom stereocenters. The summed E-state index contributed by atoms with van der Waals surface area (Å²) < 4.78 is 7.43. The molecule has 9 nitrogen and oxygen atoms in total. The van der Waals surface area contributed by atoms with Crippen molar-refractivity contribution in [2.24, 2.45) is 17.8 Å². The third kappa shape index (κ3) is 5.13. The highest BCUT2D eigenvalue weighted by molar-refractivity contribution is 6.10. The van der Waals surface area contributed by atoms with Crippen molar-refractivity contribution < 1.29 is 19.1 Å². The summed E-state index contributed by atoms with van der Waals surface area (Å²) in [6.07, 6.45) is 8.48. The highest BCUT2D eigenvalue weighted by atomic mass is 16.5. The minimum absolute atomic E-state index is 0.133. The number of ether oxygens (including phenoxy) is 1. The summed E-state index contributed by atoms with van der Waals surface area (Å²) in [6, 6.07) is 6.22. The number of nitrogens with zero attached hydrogens (tertiary/aromatic N) is 4. The predicted molar refractivity (Wildman–Crippen MR) is 121 cm³/mol. The summed E-state index contributed by atoms with van der Waals surface area (Å²) >= 11 is 0. The minimum atomic E-state index is -0.840. The lowest BCUT2D eigenvalue weighted by Crippen LogP contribution is -2.48. The van der Waals surface area contributed by atoms with Gasteiger partial charge in [0.2, 0.25) is 17.7 Å². The Labute approximate surface area is 192 Å². The van der Waals surface area contributed by atoms with Gasteiger partial charge < -0.3 is 10.1 Å². The molecule has 3 unspecified atom stereocenters. The molecule has 33 heavy (non-hydrogen) atoms. The third-order valence-corrected chi connectivity index (χ3v) is 6.01. The molecule has 1 aromatic heterocycles. The van der Waals surface area contributed by atoms with Crippen LogP contribution in [0.5, 0.6) is 5.75 Å². The number of aromatic nitrogens is 3. The van der Waals surface area contributed by atoms with E-state index in [0.29, 0.717) is 43.9 Å². The van der Waals surface area contributed by atoms with E-state index in [1.165, 1.54) is 11.2 Å². The molecule has 0 bridgehead atoms. The molecule has 174 valence electrons. The lowest BCUT2D eigenvalue weighted by molar-refractivity contribution is -0.147. The number of likely N-dealkylation sites (tertiary alicyclic amines) is 1. The first-order chi connectivity index (χ1) is 15.9. The Kier molecular flexibility index (Phi) is 6.86. The molecule has 9 heteroatoms. The summed E-state index contributed by atoms with van der Waals surface area (Å²) in [4.78, 5) is 44.5. The third-order valence-electron chi connectivity index (χ3n) is 6.01. The first kappa shape index (κ1) is 22.7. The Hall–Kier alpha value is -3.49. The zero-order valence-corrected chi connectivity index (χ0v) is 18.9. The second-order valence-electron chi connectivity index (χ2n) is 8.87. The second-order valence-corrected chi connectivity index (χ2v) is 8.87. The molecule has 1 aliphatic carbocycles. The summed E-state index contributed by atoms with van der Waals surface area (Å²) in [5.74, 6) is -0.817. The number of hydrogen-bond acceptors (Lipinski definition) is 6. The average Bonchev–Trinajstić information content (AvgIpc) is 3.40. The topological polar surface area (TPSA) is 106 Å². The van der Waals surface area contributed by atoms with E-state index in [2.05, 4.69) is 15.4 Å². The van der Waals surface area contributed by atoms with Gasteiger partial charge in [-0.2, -0.15) is 5.10 Å². The van der Waals surface area contributed by atoms with Gasteiger partial charge in [-0.05, 0) is 37.3 Å². The Morgan fingerprint density at radius 3 is 2.55 bits per heavy atom. The standard InChI is InChI=1S/C24H29N5O4/c1-16(2)12-21(29-23(31)19-8-3-4-9-20(19)24(29)32)22(30)27-17-6-5-7-18(13-17)33-11-10-28-15-25-14-26-28/h3-7,13-16,19-21H,8-12H2,1-2H3,(H,27,30). The van der Waals surface area contributed by atoms with Gasteiger partial charge >= 0.3 is 0 Å². The average molecular weight is 452 g/mol. The van der Waals surface area contributed by atoms with Crippen LogP contribution in [0.25, 0.3) is 0 Å². The number of benzene rings is 1. The molecule has 2 aromatic rings. The highest BCUT2D eigenvalue weighted by Crippen LogP contribution is 2.37. The SMILES string of the molecule is CC(C)CC(C(=O)Nc1cccc(OCCn2cncn2)c1)N1C(=O)C2CC=CCC2C1=O. The number of carbonyl (C=O) groups excluding carboxylic acids is 3. The lowest BCUT2D eigenvalue weighted by Gasteiger charge is -2.27. The van der Waals surface area contributed by atoms with Crippen LogP contribution in [-0.4, -0.2) is 50.0 Å². The van der Waals surface area contributed by atoms with Gasteiger partial charge in [-0.3, -0.25) is 19.3 Å². The van der Waals surface area contributed by atoms with Crippen LogP contribution in [0.1, 0.15) is 33.1 Å². The molecule has 2 heterocycles. The number of imide groups is 1. The van der Waals surface area contributed by atoms with Crippen LogP contribution in [0.2, 0.25) is 0 Å². The van der Waals surface area contributed by atoms with Crippen molar-refractivity contribution in [1.82, 2.24) is 19.7 Å². The van der Waals surface area contributed by atoms with Gasteiger partial charge in [-0.1, -0.05) is 32.1 Å². The number of anilines is 1. The molecule has 1 fully saturated rings. The first-order valence-corrected chi connectivity index (χ1v) is 11.3. The van der Waals surface area contributed by atoms with Crippen molar-refractivity contribution in [3.8, 4) is 5.75 Å². The first-order valence-electron chi connectivity index (χ1n) is 11.3. The van der Waals surface area contributed by atoms with Gasteiger partial charge in [-0.15, -0.1) is 0 Å². The molecule has 1 aromatic carbocycles. The number of nitrogens with one attached hydrogen (secondary N) is 1. The maximum absolute atomic E-state index is 13.3. The Bertz CT molecular complexity index is 1010. The van der Waals surface area contributed by atoms with Crippen LogP contribution in [0.3, 0.4) is 0 Å². The summed E-state index contributed by atoms with van der Waals surface area (Å²) in [6.45, 7) is 4.89. The lowest BCUT2D eigenvalue weighted by atomic mass is 9.85. The largest absolute Gasteiger partial charge is 0.492 e. The van der Waals surface area contributed by atoms with E-state index in [-0.39, 0.29) is 35.5 Å². The quantitative estimate of drug-likeness (QED) is 0.464. The van der Waals surface area contributed by atoms with Gasteiger partial charge in [0.25, 0.3) is 0 Å². The van der Waals surface area contributed by atoms with Crippen molar-refractivity contribution in [2.75, 3.05) is 11.9 Å². The van der Waals surface area contributed by atoms with Crippen LogP contribution in [0.4, 0.5) is 5.69 Å². The second kappa shape index (κ2) is 9.97. The van der Waals surface area contributed by atoms with Crippen LogP contribution in [0, 0.1) is 17.8 Å². The molecule has 0 saturated carbocycles. The zero-order chi connectivity index (χ0) is 23.4. The number of fused-ring (bicyclic) bond motifs is 1. The van der Waals surface area contributed by atoms with E-state index in [1.807, 2.05) is 26.0 Å². The molecule has 0 spiro atoms. The summed E-state index contributed by atoms with van der Waals surface area (Å²) in [7, 11) is 0. The van der Waals surface area contributed by atoms with Crippen molar-refractivity contribution in [2.45, 2.75) is 45.7 Å². The predicted octanol–water partition coefficient (Wildman–Crippen LogP) is 2.66. The van der Waals surface area contributed by atoms with Crippen molar-refractivity contribution >= 4 is 23.4 Å². The van der Waals surface area contributed by atoms with Gasteiger partial charge in [0.05, 0.1) is 18.4 Å². The van der Waals surface area contributed by atoms with Crippen molar-refractivity contribution in [3.63, 3.8) is 0 Å². The number of amides is 3. The fourth-order valence-electron chi connectivity index (χ4n) is 4.40. The van der Waals surface area contributed by atoms with Crippen molar-refractivity contribution in [1.29, 1.82) is 0 Å². The maximum Gasteiger partial charge on any atom is 0.247 e. The fourth-order valence-corrected chi connectivity index (χ4v) is 4.40. The molecule has 1 aliphatic heterocycles. The maximum atomic E-state index is 13.3. The molecule has 4 rings (SSSR count).